The Labute approximate surface area is 223 Å². The first-order valence-corrected chi connectivity index (χ1v) is 13.4. The number of nitrogens with two attached hydrogens (primary N) is 1. The average molecular weight is 520 g/mol. The zero-order valence-electron chi connectivity index (χ0n) is 22.2. The third-order valence-electron chi connectivity index (χ3n) is 7.82. The summed E-state index contributed by atoms with van der Waals surface area (Å²) in [5.41, 5.74) is 9.10. The first-order chi connectivity index (χ1) is 18.5. The van der Waals surface area contributed by atoms with Gasteiger partial charge < -0.3 is 29.6 Å². The van der Waals surface area contributed by atoms with E-state index in [1.54, 1.807) is 43.4 Å². The molecule has 3 heterocycles. The summed E-state index contributed by atoms with van der Waals surface area (Å²) in [4.78, 5) is 35.4. The van der Waals surface area contributed by atoms with E-state index in [9.17, 15) is 9.59 Å². The number of nitrogens with zero attached hydrogens (tertiary/aromatic N) is 4. The number of aryl methyl sites for hydroxylation is 1. The Balaban J connectivity index is 1.29. The van der Waals surface area contributed by atoms with Crippen molar-refractivity contribution in [3.63, 3.8) is 0 Å². The van der Waals surface area contributed by atoms with Crippen LogP contribution >= 0.6 is 0 Å². The average Bonchev–Trinajstić information content (AvgIpc) is 3.53. The number of aromatic nitrogens is 2. The van der Waals surface area contributed by atoms with E-state index in [1.165, 1.54) is 0 Å². The van der Waals surface area contributed by atoms with Crippen molar-refractivity contribution in [2.75, 3.05) is 47.0 Å². The van der Waals surface area contributed by atoms with Crippen molar-refractivity contribution in [1.82, 2.24) is 19.4 Å². The zero-order chi connectivity index (χ0) is 26.6. The molecule has 0 radical (unpaired) electrons. The first kappa shape index (κ1) is 26.2. The van der Waals surface area contributed by atoms with Crippen LogP contribution in [0.15, 0.2) is 48.5 Å². The van der Waals surface area contributed by atoms with Gasteiger partial charge in [0.2, 0.25) is 5.91 Å². The van der Waals surface area contributed by atoms with Gasteiger partial charge in [-0.1, -0.05) is 12.1 Å². The van der Waals surface area contributed by atoms with Crippen molar-refractivity contribution in [2.45, 2.75) is 37.8 Å². The number of likely N-dealkylation sites (tertiary alicyclic amines) is 2. The summed E-state index contributed by atoms with van der Waals surface area (Å²) in [6.07, 6.45) is 2.79. The highest BCUT2D eigenvalue weighted by Crippen LogP contribution is 2.31. The van der Waals surface area contributed by atoms with Gasteiger partial charge >= 0.3 is 0 Å². The van der Waals surface area contributed by atoms with Crippen LogP contribution in [0.2, 0.25) is 0 Å². The van der Waals surface area contributed by atoms with Crippen molar-refractivity contribution in [3.8, 4) is 5.75 Å². The molecular weight excluding hydrogens is 482 g/mol. The Kier molecular flexibility index (Phi) is 7.95. The number of benzene rings is 2. The minimum Gasteiger partial charge on any atom is -0.497 e. The van der Waals surface area contributed by atoms with Gasteiger partial charge in [0.15, 0.2) is 0 Å². The predicted molar refractivity (Wildman–Crippen MR) is 145 cm³/mol. The molecule has 0 aliphatic carbocycles. The van der Waals surface area contributed by atoms with Gasteiger partial charge in [0.05, 0.1) is 24.1 Å². The normalized spacial score (nSPS) is 21.7. The SMILES string of the molecule is COCCCn1c(C2CCCN(C(=O)[C@@H]3CN(C(=O)c4ccc(OC)cc4)C[C@H]3N)C2)nc2ccccc21. The number of piperidine rings is 1. The maximum atomic E-state index is 13.7. The number of imidazole rings is 1. The lowest BCUT2D eigenvalue weighted by Crippen LogP contribution is -2.47. The molecule has 9 nitrogen and oxygen atoms in total. The second-order valence-corrected chi connectivity index (χ2v) is 10.3. The van der Waals surface area contributed by atoms with Crippen LogP contribution in [0.1, 0.15) is 41.4 Å². The van der Waals surface area contributed by atoms with Gasteiger partial charge in [-0.05, 0) is 55.7 Å². The van der Waals surface area contributed by atoms with E-state index in [4.69, 9.17) is 20.2 Å². The van der Waals surface area contributed by atoms with Crippen molar-refractivity contribution in [3.05, 3.63) is 59.9 Å². The number of carbonyl (C=O) groups excluding carboxylic acids is 2. The van der Waals surface area contributed by atoms with E-state index < -0.39 is 5.92 Å². The lowest BCUT2D eigenvalue weighted by Gasteiger charge is -2.35. The summed E-state index contributed by atoms with van der Waals surface area (Å²) in [7, 11) is 3.31. The molecule has 2 aliphatic heterocycles. The fourth-order valence-corrected chi connectivity index (χ4v) is 5.80. The highest BCUT2D eigenvalue weighted by molar-refractivity contribution is 5.95. The molecule has 0 bridgehead atoms. The van der Waals surface area contributed by atoms with Crippen LogP contribution in [0.4, 0.5) is 0 Å². The number of methoxy groups -OCH3 is 2. The molecule has 3 atom stereocenters. The third kappa shape index (κ3) is 5.26. The summed E-state index contributed by atoms with van der Waals surface area (Å²) in [5.74, 6) is 1.40. The fourth-order valence-electron chi connectivity index (χ4n) is 5.80. The Morgan fingerprint density at radius 3 is 2.58 bits per heavy atom. The summed E-state index contributed by atoms with van der Waals surface area (Å²) in [6.45, 7) is 3.53. The number of hydrogen-bond donors (Lipinski definition) is 1. The van der Waals surface area contributed by atoms with E-state index in [-0.39, 0.29) is 23.8 Å². The van der Waals surface area contributed by atoms with Crippen LogP contribution in [-0.4, -0.2) is 84.2 Å². The van der Waals surface area contributed by atoms with Crippen molar-refractivity contribution < 1.29 is 19.1 Å². The van der Waals surface area contributed by atoms with Gasteiger partial charge in [-0.15, -0.1) is 0 Å². The largest absolute Gasteiger partial charge is 0.497 e. The Hall–Kier alpha value is -3.43. The highest BCUT2D eigenvalue weighted by Gasteiger charge is 2.41. The second kappa shape index (κ2) is 11.5. The number of amides is 2. The number of ether oxygens (including phenoxy) is 2. The molecule has 2 fully saturated rings. The van der Waals surface area contributed by atoms with Crippen molar-refractivity contribution in [1.29, 1.82) is 0 Å². The van der Waals surface area contributed by atoms with Crippen LogP contribution in [0.25, 0.3) is 11.0 Å². The molecule has 2 saturated heterocycles. The smallest absolute Gasteiger partial charge is 0.253 e. The minimum atomic E-state index is -0.406. The molecule has 2 amide bonds. The van der Waals surface area contributed by atoms with Crippen molar-refractivity contribution >= 4 is 22.8 Å². The van der Waals surface area contributed by atoms with E-state index in [1.807, 2.05) is 23.1 Å². The number of fused-ring (bicyclic) bond motifs is 1. The molecule has 0 saturated carbocycles. The Morgan fingerprint density at radius 2 is 1.82 bits per heavy atom. The molecule has 2 aromatic carbocycles. The standard InChI is InChI=1S/C29H37N5O4/c1-37-16-6-15-34-26-9-4-3-8-25(26)31-27(34)21-7-5-14-32(17-21)29(36)23-18-33(19-24(23)30)28(35)20-10-12-22(38-2)13-11-20/h3-4,8-13,21,23-24H,5-7,14-19,30H2,1-2H3/t21?,23-,24-/m1/s1. The first-order valence-electron chi connectivity index (χ1n) is 13.4. The fraction of sp³-hybridized carbons (Fsp3) is 0.483. The molecule has 38 heavy (non-hydrogen) atoms. The van der Waals surface area contributed by atoms with Crippen LogP contribution in [0, 0.1) is 5.92 Å². The molecule has 202 valence electrons. The quantitative estimate of drug-likeness (QED) is 0.459. The van der Waals surface area contributed by atoms with Crippen LogP contribution in [0.5, 0.6) is 5.75 Å². The molecule has 9 heteroatoms. The molecular formula is C29H37N5O4. The van der Waals surface area contributed by atoms with Gasteiger partial charge in [0.1, 0.15) is 11.6 Å². The molecule has 2 N–H and O–H groups in total. The highest BCUT2D eigenvalue weighted by atomic mass is 16.5. The van der Waals surface area contributed by atoms with Gasteiger partial charge in [-0.3, -0.25) is 9.59 Å². The summed E-state index contributed by atoms with van der Waals surface area (Å²) in [6, 6.07) is 14.8. The van der Waals surface area contributed by atoms with Gasteiger partial charge in [0, 0.05) is 64.0 Å². The maximum absolute atomic E-state index is 13.7. The van der Waals surface area contributed by atoms with Crippen LogP contribution in [0.3, 0.4) is 0 Å². The number of rotatable bonds is 8. The Bertz CT molecular complexity index is 1270. The van der Waals surface area contributed by atoms with Crippen LogP contribution in [-0.2, 0) is 16.1 Å². The third-order valence-corrected chi connectivity index (χ3v) is 7.82. The minimum absolute atomic E-state index is 0.0364. The number of hydrogen-bond acceptors (Lipinski definition) is 6. The predicted octanol–water partition coefficient (Wildman–Crippen LogP) is 2.89. The second-order valence-electron chi connectivity index (χ2n) is 10.3. The molecule has 2 aliphatic rings. The summed E-state index contributed by atoms with van der Waals surface area (Å²) in [5, 5.41) is 0. The molecule has 1 unspecified atom stereocenters. The molecule has 5 rings (SSSR count). The van der Waals surface area contributed by atoms with Gasteiger partial charge in [-0.2, -0.15) is 0 Å². The van der Waals surface area contributed by atoms with Crippen molar-refractivity contribution in [2.24, 2.45) is 11.7 Å². The monoisotopic (exact) mass is 519 g/mol. The van der Waals surface area contributed by atoms with Gasteiger partial charge in [-0.25, -0.2) is 4.98 Å². The number of para-hydroxylation sites is 2. The summed E-state index contributed by atoms with van der Waals surface area (Å²) >= 11 is 0. The molecule has 0 spiro atoms. The zero-order valence-corrected chi connectivity index (χ0v) is 22.2. The van der Waals surface area contributed by atoms with Gasteiger partial charge in [0.25, 0.3) is 5.91 Å². The Morgan fingerprint density at radius 1 is 1.03 bits per heavy atom. The van der Waals surface area contributed by atoms with E-state index in [0.717, 1.165) is 42.7 Å². The van der Waals surface area contributed by atoms with Crippen LogP contribution < -0.4 is 10.5 Å². The lowest BCUT2D eigenvalue weighted by molar-refractivity contribution is -0.136. The molecule has 3 aromatic rings. The van der Waals surface area contributed by atoms with E-state index >= 15 is 0 Å². The lowest BCUT2D eigenvalue weighted by atomic mass is 9.94. The number of carbonyl (C=O) groups is 2. The molecule has 1 aromatic heterocycles. The topological polar surface area (TPSA) is 103 Å². The van der Waals surface area contributed by atoms with E-state index in [2.05, 4.69) is 10.6 Å². The maximum Gasteiger partial charge on any atom is 0.253 e. The summed E-state index contributed by atoms with van der Waals surface area (Å²) < 4.78 is 12.8. The van der Waals surface area contributed by atoms with E-state index in [0.29, 0.717) is 44.1 Å².